The van der Waals surface area contributed by atoms with E-state index in [9.17, 15) is 19.3 Å². The van der Waals surface area contributed by atoms with Gasteiger partial charge in [-0.2, -0.15) is 4.39 Å². The number of ketones is 1. The molecule has 0 fully saturated rings. The molecule has 0 aliphatic rings. The summed E-state index contributed by atoms with van der Waals surface area (Å²) < 4.78 is 15.6. The Morgan fingerprint density at radius 1 is 1.38 bits per heavy atom. The summed E-state index contributed by atoms with van der Waals surface area (Å²) in [7, 11) is 0. The van der Waals surface area contributed by atoms with E-state index < -0.39 is 16.4 Å². The Kier molecular flexibility index (Phi) is 4.16. The topological polar surface area (TPSA) is 65.1 Å². The average Bonchev–Trinajstić information content (AvgIpc) is 2.88. The predicted octanol–water partition coefficient (Wildman–Crippen LogP) is 3.42. The molecule has 1 aromatic heterocycles. The molecule has 0 radical (unpaired) electrons. The number of hydrogen-bond donors (Lipinski definition) is 0. The monoisotopic (exact) mass is 290 g/mol. The molecule has 0 N–H and O–H groups in total. The molecule has 0 unspecified atom stereocenters. The summed E-state index contributed by atoms with van der Waals surface area (Å²) >= 11 is 0. The lowest BCUT2D eigenvalue weighted by atomic mass is 10.0. The van der Waals surface area contributed by atoms with Crippen molar-refractivity contribution in [3.05, 3.63) is 63.7 Å². The molecule has 21 heavy (non-hydrogen) atoms. The van der Waals surface area contributed by atoms with Crippen molar-refractivity contribution in [3.8, 4) is 0 Å². The molecule has 0 amide bonds. The maximum absolute atomic E-state index is 14.0. The Morgan fingerprint density at radius 2 is 2.10 bits per heavy atom. The van der Waals surface area contributed by atoms with Gasteiger partial charge in [-0.05, 0) is 6.07 Å². The van der Waals surface area contributed by atoms with Gasteiger partial charge in [0.25, 0.3) is 0 Å². The van der Waals surface area contributed by atoms with Crippen LogP contribution in [0.4, 0.5) is 10.1 Å². The van der Waals surface area contributed by atoms with Crippen LogP contribution in [0.15, 0.2) is 36.7 Å². The highest BCUT2D eigenvalue weighted by Gasteiger charge is 2.18. The van der Waals surface area contributed by atoms with Crippen molar-refractivity contribution in [2.45, 2.75) is 20.4 Å². The molecule has 0 atom stereocenters. The van der Waals surface area contributed by atoms with Gasteiger partial charge in [0.15, 0.2) is 5.78 Å². The van der Waals surface area contributed by atoms with E-state index in [0.29, 0.717) is 5.56 Å². The van der Waals surface area contributed by atoms with E-state index in [1.54, 1.807) is 36.9 Å². The molecular weight excluding hydrogens is 275 g/mol. The van der Waals surface area contributed by atoms with Gasteiger partial charge in [0, 0.05) is 35.5 Å². The second kappa shape index (κ2) is 5.87. The normalized spacial score (nSPS) is 10.9. The number of carbonyl (C=O) groups excluding carboxylic acids is 1. The SMILES string of the molecule is CC(C)C(=O)c1ccn(Cc2cccc([N+](=O)[O-])c2F)c1. The first-order valence-electron chi connectivity index (χ1n) is 6.52. The van der Waals surface area contributed by atoms with Crippen molar-refractivity contribution < 1.29 is 14.1 Å². The second-order valence-corrected chi connectivity index (χ2v) is 5.10. The lowest BCUT2D eigenvalue weighted by molar-refractivity contribution is -0.387. The summed E-state index contributed by atoms with van der Waals surface area (Å²) in [6.45, 7) is 3.75. The third-order valence-corrected chi connectivity index (χ3v) is 3.17. The lowest BCUT2D eigenvalue weighted by Gasteiger charge is -2.05. The number of Topliss-reactive ketones (excluding diaryl/α,β-unsaturated/α-hetero) is 1. The molecule has 5 nitrogen and oxygen atoms in total. The fourth-order valence-corrected chi connectivity index (χ4v) is 2.04. The van der Waals surface area contributed by atoms with Crippen LogP contribution in [0.1, 0.15) is 29.8 Å². The number of halogens is 1. The van der Waals surface area contributed by atoms with Crippen molar-refractivity contribution in [1.82, 2.24) is 4.57 Å². The summed E-state index contributed by atoms with van der Waals surface area (Å²) in [4.78, 5) is 21.8. The van der Waals surface area contributed by atoms with Gasteiger partial charge in [-0.1, -0.05) is 26.0 Å². The minimum atomic E-state index is -0.840. The molecule has 110 valence electrons. The zero-order chi connectivity index (χ0) is 15.6. The van der Waals surface area contributed by atoms with Crippen molar-refractivity contribution in [3.63, 3.8) is 0 Å². The highest BCUT2D eigenvalue weighted by Crippen LogP contribution is 2.21. The number of benzene rings is 1. The molecule has 1 heterocycles. The highest BCUT2D eigenvalue weighted by atomic mass is 19.1. The first kappa shape index (κ1) is 14.9. The van der Waals surface area contributed by atoms with E-state index in [4.69, 9.17) is 0 Å². The number of aromatic nitrogens is 1. The Morgan fingerprint density at radius 3 is 2.71 bits per heavy atom. The molecule has 0 bridgehead atoms. The summed E-state index contributed by atoms with van der Waals surface area (Å²) in [5.41, 5.74) is 0.220. The van der Waals surface area contributed by atoms with E-state index in [1.807, 2.05) is 0 Å². The highest BCUT2D eigenvalue weighted by molar-refractivity contribution is 5.97. The lowest BCUT2D eigenvalue weighted by Crippen LogP contribution is -2.07. The molecule has 0 aliphatic carbocycles. The van der Waals surface area contributed by atoms with Gasteiger partial charge in [0.1, 0.15) is 0 Å². The van der Waals surface area contributed by atoms with E-state index in [1.165, 1.54) is 12.1 Å². The number of nitro benzene ring substituents is 1. The van der Waals surface area contributed by atoms with Crippen LogP contribution >= 0.6 is 0 Å². The van der Waals surface area contributed by atoms with Crippen LogP contribution in [0.3, 0.4) is 0 Å². The summed E-state index contributed by atoms with van der Waals surface area (Å²) in [6.07, 6.45) is 3.29. The molecule has 6 heteroatoms. The number of nitro groups is 1. The molecule has 2 aromatic rings. The third kappa shape index (κ3) is 3.16. The summed E-state index contributed by atoms with van der Waals surface area (Å²) in [6, 6.07) is 5.73. The fourth-order valence-electron chi connectivity index (χ4n) is 2.04. The minimum Gasteiger partial charge on any atom is -0.349 e. The Labute approximate surface area is 121 Å². The number of rotatable bonds is 5. The van der Waals surface area contributed by atoms with E-state index in [2.05, 4.69) is 0 Å². The average molecular weight is 290 g/mol. The van der Waals surface area contributed by atoms with Crippen LogP contribution in [0, 0.1) is 21.8 Å². The van der Waals surface area contributed by atoms with Gasteiger partial charge in [-0.3, -0.25) is 14.9 Å². The van der Waals surface area contributed by atoms with Crippen molar-refractivity contribution >= 4 is 11.5 Å². The molecule has 2 rings (SSSR count). The molecular formula is C15H15FN2O3. The first-order valence-corrected chi connectivity index (χ1v) is 6.52. The summed E-state index contributed by atoms with van der Waals surface area (Å²) in [5, 5.41) is 10.7. The molecule has 0 saturated heterocycles. The van der Waals surface area contributed by atoms with E-state index in [0.717, 1.165) is 6.07 Å². The maximum Gasteiger partial charge on any atom is 0.305 e. The van der Waals surface area contributed by atoms with Crippen LogP contribution in [-0.2, 0) is 6.54 Å². The van der Waals surface area contributed by atoms with Gasteiger partial charge >= 0.3 is 5.69 Å². The zero-order valence-electron chi connectivity index (χ0n) is 11.7. The van der Waals surface area contributed by atoms with Gasteiger partial charge in [0.05, 0.1) is 11.5 Å². The number of nitrogens with zero attached hydrogens (tertiary/aromatic N) is 2. The van der Waals surface area contributed by atoms with Crippen molar-refractivity contribution in [2.24, 2.45) is 5.92 Å². The predicted molar refractivity (Wildman–Crippen MR) is 75.8 cm³/mol. The van der Waals surface area contributed by atoms with Gasteiger partial charge in [0.2, 0.25) is 5.82 Å². The minimum absolute atomic E-state index is 0.00765. The van der Waals surface area contributed by atoms with Gasteiger partial charge in [-0.15, -0.1) is 0 Å². The zero-order valence-corrected chi connectivity index (χ0v) is 11.7. The molecule has 0 spiro atoms. The molecule has 0 aliphatic heterocycles. The quantitative estimate of drug-likeness (QED) is 0.481. The van der Waals surface area contributed by atoms with Crippen molar-refractivity contribution in [1.29, 1.82) is 0 Å². The second-order valence-electron chi connectivity index (χ2n) is 5.10. The summed E-state index contributed by atoms with van der Waals surface area (Å²) in [5.74, 6) is -0.948. The van der Waals surface area contributed by atoms with E-state index >= 15 is 0 Å². The van der Waals surface area contributed by atoms with Crippen LogP contribution in [0.5, 0.6) is 0 Å². The smallest absolute Gasteiger partial charge is 0.305 e. The van der Waals surface area contributed by atoms with Crippen LogP contribution in [0.2, 0.25) is 0 Å². The Bertz CT molecular complexity index is 692. The number of carbonyl (C=O) groups is 1. The maximum atomic E-state index is 14.0. The van der Waals surface area contributed by atoms with Crippen LogP contribution in [-0.4, -0.2) is 15.3 Å². The molecule has 1 aromatic carbocycles. The van der Waals surface area contributed by atoms with Gasteiger partial charge < -0.3 is 4.57 Å². The fraction of sp³-hybridized carbons (Fsp3) is 0.267. The molecule has 0 saturated carbocycles. The first-order chi connectivity index (χ1) is 9.90. The Balaban J connectivity index is 2.25. The standard InChI is InChI=1S/C15H15FN2O3/c1-10(2)15(19)12-6-7-17(9-12)8-11-4-3-5-13(14(11)16)18(20)21/h3-7,9-10H,8H2,1-2H3. The van der Waals surface area contributed by atoms with Crippen LogP contribution < -0.4 is 0 Å². The largest absolute Gasteiger partial charge is 0.349 e. The van der Waals surface area contributed by atoms with Crippen LogP contribution in [0.25, 0.3) is 0 Å². The number of hydrogen-bond acceptors (Lipinski definition) is 3. The van der Waals surface area contributed by atoms with Crippen molar-refractivity contribution in [2.75, 3.05) is 0 Å². The van der Waals surface area contributed by atoms with E-state index in [-0.39, 0.29) is 23.8 Å². The van der Waals surface area contributed by atoms with Gasteiger partial charge in [-0.25, -0.2) is 0 Å². The third-order valence-electron chi connectivity index (χ3n) is 3.17. The Hall–Kier alpha value is -2.50.